The number of carbonyl (C=O) groups excluding carboxylic acids is 1. The molecule has 1 amide bonds. The number of nitrogens with zero attached hydrogens (tertiary/aromatic N) is 3. The first kappa shape index (κ1) is 20.9. The van der Waals surface area contributed by atoms with Crippen molar-refractivity contribution >= 4 is 17.7 Å². The van der Waals surface area contributed by atoms with Crippen LogP contribution in [0.5, 0.6) is 5.75 Å². The largest absolute Gasteiger partial charge is 0.492 e. The molecule has 0 unspecified atom stereocenters. The summed E-state index contributed by atoms with van der Waals surface area (Å²) in [5, 5.41) is 11.5. The lowest BCUT2D eigenvalue weighted by Crippen LogP contribution is -2.29. The van der Waals surface area contributed by atoms with Gasteiger partial charge in [0.15, 0.2) is 5.16 Å². The van der Waals surface area contributed by atoms with E-state index >= 15 is 0 Å². The molecule has 0 fully saturated rings. The minimum atomic E-state index is -0.314. The Hall–Kier alpha value is -2.87. The van der Waals surface area contributed by atoms with E-state index in [-0.39, 0.29) is 17.5 Å². The van der Waals surface area contributed by atoms with Crippen molar-refractivity contribution in [1.82, 2.24) is 20.1 Å². The summed E-state index contributed by atoms with van der Waals surface area (Å²) in [4.78, 5) is 12.1. The van der Waals surface area contributed by atoms with E-state index in [0.717, 1.165) is 5.69 Å². The Morgan fingerprint density at radius 1 is 1.17 bits per heavy atom. The number of ether oxygens (including phenoxy) is 1. The summed E-state index contributed by atoms with van der Waals surface area (Å²) in [6.45, 7) is 4.97. The van der Waals surface area contributed by atoms with Crippen LogP contribution in [0.15, 0.2) is 60.0 Å². The third-order valence-electron chi connectivity index (χ3n) is 4.19. The Bertz CT molecular complexity index is 927. The number of thioether (sulfide) groups is 1. The zero-order valence-electron chi connectivity index (χ0n) is 16.3. The van der Waals surface area contributed by atoms with Crippen LogP contribution in [-0.2, 0) is 4.79 Å². The van der Waals surface area contributed by atoms with Gasteiger partial charge in [0.2, 0.25) is 5.91 Å². The third kappa shape index (κ3) is 6.05. The molecular weight excluding hydrogens is 391 g/mol. The molecule has 0 saturated heterocycles. The van der Waals surface area contributed by atoms with Crippen LogP contribution in [0, 0.1) is 5.82 Å². The van der Waals surface area contributed by atoms with Crippen LogP contribution in [0.25, 0.3) is 5.69 Å². The molecule has 0 aliphatic heterocycles. The highest BCUT2D eigenvalue weighted by Crippen LogP contribution is 2.21. The summed E-state index contributed by atoms with van der Waals surface area (Å²) in [5.41, 5.74) is 2.22. The number of rotatable bonds is 9. The van der Waals surface area contributed by atoms with E-state index in [9.17, 15) is 9.18 Å². The zero-order chi connectivity index (χ0) is 20.6. The zero-order valence-corrected chi connectivity index (χ0v) is 17.2. The SMILES string of the molecule is CC(C)c1ccc(-n2cnnc2SCC(=O)NCCOc2ccc(F)cc2)cc1. The monoisotopic (exact) mass is 414 g/mol. The number of carbonyl (C=O) groups is 1. The summed E-state index contributed by atoms with van der Waals surface area (Å²) in [6.07, 6.45) is 1.64. The summed E-state index contributed by atoms with van der Waals surface area (Å²) < 4.78 is 20.2. The van der Waals surface area contributed by atoms with Crippen molar-refractivity contribution < 1.29 is 13.9 Å². The van der Waals surface area contributed by atoms with E-state index in [4.69, 9.17) is 4.74 Å². The lowest BCUT2D eigenvalue weighted by molar-refractivity contribution is -0.118. The molecule has 0 saturated carbocycles. The molecule has 152 valence electrons. The lowest BCUT2D eigenvalue weighted by Gasteiger charge is -2.10. The Morgan fingerprint density at radius 2 is 1.90 bits per heavy atom. The van der Waals surface area contributed by atoms with Gasteiger partial charge in [0.25, 0.3) is 0 Å². The number of benzene rings is 2. The van der Waals surface area contributed by atoms with Gasteiger partial charge in [0.05, 0.1) is 12.3 Å². The molecule has 8 heteroatoms. The quantitative estimate of drug-likeness (QED) is 0.426. The van der Waals surface area contributed by atoms with E-state index in [0.29, 0.717) is 30.0 Å². The van der Waals surface area contributed by atoms with E-state index in [1.54, 1.807) is 18.5 Å². The fourth-order valence-corrected chi connectivity index (χ4v) is 3.35. The Balaban J connectivity index is 1.44. The molecule has 1 heterocycles. The van der Waals surface area contributed by atoms with Crippen molar-refractivity contribution in [3.63, 3.8) is 0 Å². The van der Waals surface area contributed by atoms with E-state index in [2.05, 4.69) is 41.5 Å². The van der Waals surface area contributed by atoms with Gasteiger partial charge in [0, 0.05) is 5.69 Å². The van der Waals surface area contributed by atoms with Gasteiger partial charge in [-0.25, -0.2) is 4.39 Å². The molecule has 0 radical (unpaired) electrons. The number of hydrogen-bond donors (Lipinski definition) is 1. The second-order valence-corrected chi connectivity index (χ2v) is 7.61. The molecule has 1 aromatic heterocycles. The standard InChI is InChI=1S/C21H23FN4O2S/c1-15(2)16-3-7-18(8-4-16)26-14-24-25-21(26)29-13-20(27)23-11-12-28-19-9-5-17(22)6-10-19/h3-10,14-15H,11-13H2,1-2H3,(H,23,27). The van der Waals surface area contributed by atoms with Gasteiger partial charge in [-0.15, -0.1) is 10.2 Å². The summed E-state index contributed by atoms with van der Waals surface area (Å²) in [5.74, 6) is 0.814. The number of nitrogens with one attached hydrogen (secondary N) is 1. The number of halogens is 1. The maximum Gasteiger partial charge on any atom is 0.230 e. The van der Waals surface area contributed by atoms with Gasteiger partial charge in [-0.1, -0.05) is 37.7 Å². The maximum atomic E-state index is 12.8. The number of aromatic nitrogens is 3. The van der Waals surface area contributed by atoms with Crippen molar-refractivity contribution in [1.29, 1.82) is 0 Å². The van der Waals surface area contributed by atoms with Crippen molar-refractivity contribution in [3.05, 3.63) is 66.2 Å². The highest BCUT2D eigenvalue weighted by molar-refractivity contribution is 7.99. The van der Waals surface area contributed by atoms with Crippen molar-refractivity contribution in [2.45, 2.75) is 24.9 Å². The third-order valence-corrected chi connectivity index (χ3v) is 5.14. The second-order valence-electron chi connectivity index (χ2n) is 6.67. The lowest BCUT2D eigenvalue weighted by atomic mass is 10.0. The van der Waals surface area contributed by atoms with Gasteiger partial charge in [-0.05, 0) is 47.9 Å². The van der Waals surface area contributed by atoms with Crippen LogP contribution in [0.2, 0.25) is 0 Å². The van der Waals surface area contributed by atoms with Crippen molar-refractivity contribution in [2.75, 3.05) is 18.9 Å². The molecule has 6 nitrogen and oxygen atoms in total. The van der Waals surface area contributed by atoms with Crippen LogP contribution in [0.3, 0.4) is 0 Å². The highest BCUT2D eigenvalue weighted by atomic mass is 32.2. The first-order chi connectivity index (χ1) is 14.0. The minimum Gasteiger partial charge on any atom is -0.492 e. The number of hydrogen-bond acceptors (Lipinski definition) is 5. The molecule has 29 heavy (non-hydrogen) atoms. The minimum absolute atomic E-state index is 0.123. The number of amides is 1. The van der Waals surface area contributed by atoms with Crippen LogP contribution in [0.4, 0.5) is 4.39 Å². The van der Waals surface area contributed by atoms with Crippen molar-refractivity contribution in [3.8, 4) is 11.4 Å². The molecular formula is C21H23FN4O2S. The normalized spacial score (nSPS) is 10.9. The highest BCUT2D eigenvalue weighted by Gasteiger charge is 2.10. The van der Waals surface area contributed by atoms with Gasteiger partial charge < -0.3 is 10.1 Å². The summed E-state index contributed by atoms with van der Waals surface area (Å²) in [6, 6.07) is 14.0. The Morgan fingerprint density at radius 3 is 2.59 bits per heavy atom. The molecule has 3 aromatic rings. The molecule has 3 rings (SSSR count). The topological polar surface area (TPSA) is 69.0 Å². The van der Waals surface area contributed by atoms with E-state index in [1.807, 2.05) is 16.7 Å². The maximum absolute atomic E-state index is 12.8. The van der Waals surface area contributed by atoms with Crippen LogP contribution in [-0.4, -0.2) is 39.6 Å². The average Bonchev–Trinajstić information content (AvgIpc) is 3.19. The van der Waals surface area contributed by atoms with E-state index in [1.165, 1.54) is 29.5 Å². The first-order valence-corrected chi connectivity index (χ1v) is 10.3. The Kier molecular flexibility index (Phi) is 7.24. The predicted octanol–water partition coefficient (Wildman–Crippen LogP) is 3.82. The van der Waals surface area contributed by atoms with Gasteiger partial charge in [-0.3, -0.25) is 9.36 Å². The molecule has 0 atom stereocenters. The molecule has 2 aromatic carbocycles. The van der Waals surface area contributed by atoms with E-state index < -0.39 is 0 Å². The first-order valence-electron chi connectivity index (χ1n) is 9.31. The summed E-state index contributed by atoms with van der Waals surface area (Å²) >= 11 is 1.32. The summed E-state index contributed by atoms with van der Waals surface area (Å²) in [7, 11) is 0. The molecule has 0 aliphatic rings. The Labute approximate surface area is 173 Å². The van der Waals surface area contributed by atoms with Crippen LogP contribution >= 0.6 is 11.8 Å². The van der Waals surface area contributed by atoms with Crippen molar-refractivity contribution in [2.24, 2.45) is 0 Å². The molecule has 0 aliphatic carbocycles. The van der Waals surface area contributed by atoms with Crippen LogP contribution in [0.1, 0.15) is 25.3 Å². The molecule has 0 bridgehead atoms. The van der Waals surface area contributed by atoms with Crippen LogP contribution < -0.4 is 10.1 Å². The molecule has 0 spiro atoms. The second kappa shape index (κ2) is 10.1. The fourth-order valence-electron chi connectivity index (χ4n) is 2.59. The predicted molar refractivity (Wildman–Crippen MR) is 111 cm³/mol. The fraction of sp³-hybridized carbons (Fsp3) is 0.286. The van der Waals surface area contributed by atoms with Gasteiger partial charge >= 0.3 is 0 Å². The van der Waals surface area contributed by atoms with Gasteiger partial charge in [0.1, 0.15) is 24.5 Å². The van der Waals surface area contributed by atoms with Gasteiger partial charge in [-0.2, -0.15) is 0 Å². The smallest absolute Gasteiger partial charge is 0.230 e. The molecule has 1 N–H and O–H groups in total. The average molecular weight is 415 g/mol.